The summed E-state index contributed by atoms with van der Waals surface area (Å²) in [5.74, 6) is -1.10. The monoisotopic (exact) mass is 211 g/mol. The zero-order valence-corrected chi connectivity index (χ0v) is 8.61. The van der Waals surface area contributed by atoms with Crippen molar-refractivity contribution in [2.75, 3.05) is 18.5 Å². The van der Waals surface area contributed by atoms with Crippen LogP contribution in [0.1, 0.15) is 12.8 Å². The van der Waals surface area contributed by atoms with Crippen molar-refractivity contribution in [1.29, 1.82) is 0 Å². The third-order valence-corrected chi connectivity index (χ3v) is 2.15. The fourth-order valence-corrected chi connectivity index (χ4v) is 1.35. The second-order valence-electron chi connectivity index (χ2n) is 3.37. The number of hydrogen-bond donors (Lipinski definition) is 1. The summed E-state index contributed by atoms with van der Waals surface area (Å²) in [6, 6.07) is 6.45. The molecule has 0 fully saturated rings. The van der Waals surface area contributed by atoms with E-state index in [0.29, 0.717) is 18.7 Å². The molecule has 1 aromatic rings. The third kappa shape index (κ3) is 3.58. The highest BCUT2D eigenvalue weighted by Gasteiger charge is 2.06. The molecule has 0 heterocycles. The van der Waals surface area contributed by atoms with E-state index in [0.717, 1.165) is 0 Å². The number of carboxylic acids is 1. The van der Waals surface area contributed by atoms with Gasteiger partial charge in [-0.2, -0.15) is 0 Å². The van der Waals surface area contributed by atoms with Crippen LogP contribution in [0.15, 0.2) is 24.3 Å². The fraction of sp³-hybridized carbons (Fsp3) is 0.364. The zero-order chi connectivity index (χ0) is 11.3. The summed E-state index contributed by atoms with van der Waals surface area (Å²) >= 11 is 0. The maximum absolute atomic E-state index is 13.3. The first-order valence-corrected chi connectivity index (χ1v) is 4.78. The maximum atomic E-state index is 13.3. The standard InChI is InChI=1S/C11H14FNO2/c1-13(8-4-7-11(14)15)10-6-3-2-5-9(10)12/h2-3,5-6H,4,7-8H2,1H3,(H,14,15). The van der Waals surface area contributed by atoms with Gasteiger partial charge in [0.25, 0.3) is 0 Å². The molecule has 0 saturated heterocycles. The Bertz CT molecular complexity index is 341. The van der Waals surface area contributed by atoms with E-state index in [1.807, 2.05) is 0 Å². The van der Waals surface area contributed by atoms with Gasteiger partial charge >= 0.3 is 5.97 Å². The molecule has 0 spiro atoms. The average molecular weight is 211 g/mol. The lowest BCUT2D eigenvalue weighted by Crippen LogP contribution is -2.20. The van der Waals surface area contributed by atoms with Crippen molar-refractivity contribution < 1.29 is 14.3 Å². The minimum Gasteiger partial charge on any atom is -0.481 e. The largest absolute Gasteiger partial charge is 0.481 e. The van der Waals surface area contributed by atoms with Crippen LogP contribution < -0.4 is 4.90 Å². The lowest BCUT2D eigenvalue weighted by molar-refractivity contribution is -0.137. The Balaban J connectivity index is 2.50. The zero-order valence-electron chi connectivity index (χ0n) is 8.61. The van der Waals surface area contributed by atoms with Gasteiger partial charge in [-0.05, 0) is 18.6 Å². The first-order valence-electron chi connectivity index (χ1n) is 4.78. The summed E-state index contributed by atoms with van der Waals surface area (Å²) in [7, 11) is 1.75. The molecular weight excluding hydrogens is 197 g/mol. The molecule has 4 heteroatoms. The summed E-state index contributed by atoms with van der Waals surface area (Å²) < 4.78 is 13.3. The van der Waals surface area contributed by atoms with E-state index in [-0.39, 0.29) is 12.2 Å². The van der Waals surface area contributed by atoms with Crippen LogP contribution in [0.3, 0.4) is 0 Å². The smallest absolute Gasteiger partial charge is 0.303 e. The molecule has 0 unspecified atom stereocenters. The number of nitrogens with zero attached hydrogens (tertiary/aromatic N) is 1. The molecule has 0 aliphatic rings. The van der Waals surface area contributed by atoms with Crippen molar-refractivity contribution in [2.24, 2.45) is 0 Å². The average Bonchev–Trinajstić information content (AvgIpc) is 2.17. The van der Waals surface area contributed by atoms with E-state index in [1.165, 1.54) is 6.07 Å². The van der Waals surface area contributed by atoms with Crippen LogP contribution in [0.4, 0.5) is 10.1 Å². The van der Waals surface area contributed by atoms with Crippen LogP contribution in [0, 0.1) is 5.82 Å². The Labute approximate surface area is 88.1 Å². The normalized spacial score (nSPS) is 10.0. The van der Waals surface area contributed by atoms with Crippen LogP contribution >= 0.6 is 0 Å². The lowest BCUT2D eigenvalue weighted by Gasteiger charge is -2.19. The summed E-state index contributed by atoms with van der Waals surface area (Å²) in [6.07, 6.45) is 0.624. The van der Waals surface area contributed by atoms with Gasteiger partial charge in [-0.25, -0.2) is 4.39 Å². The van der Waals surface area contributed by atoms with Crippen LogP contribution in [0.5, 0.6) is 0 Å². The van der Waals surface area contributed by atoms with Crippen molar-refractivity contribution in [1.82, 2.24) is 0 Å². The second-order valence-corrected chi connectivity index (χ2v) is 3.37. The van der Waals surface area contributed by atoms with Gasteiger partial charge in [0.1, 0.15) is 5.82 Å². The summed E-state index contributed by atoms with van der Waals surface area (Å²) in [5, 5.41) is 8.46. The molecule has 82 valence electrons. The maximum Gasteiger partial charge on any atom is 0.303 e. The summed E-state index contributed by atoms with van der Waals surface area (Å²) in [4.78, 5) is 12.0. The number of carbonyl (C=O) groups is 1. The van der Waals surface area contributed by atoms with Gasteiger partial charge in [0.05, 0.1) is 5.69 Å². The van der Waals surface area contributed by atoms with Gasteiger partial charge in [-0.1, -0.05) is 12.1 Å². The number of aliphatic carboxylic acids is 1. The Morgan fingerprint density at radius 1 is 1.47 bits per heavy atom. The van der Waals surface area contributed by atoms with E-state index < -0.39 is 5.97 Å². The van der Waals surface area contributed by atoms with E-state index in [9.17, 15) is 9.18 Å². The molecule has 0 aliphatic heterocycles. The SMILES string of the molecule is CN(CCCC(=O)O)c1ccccc1F. The number of anilines is 1. The van der Waals surface area contributed by atoms with Crippen LogP contribution in [-0.2, 0) is 4.79 Å². The second kappa shape index (κ2) is 5.34. The molecule has 0 aromatic heterocycles. The Morgan fingerprint density at radius 2 is 2.13 bits per heavy atom. The molecule has 0 aliphatic carbocycles. The molecule has 0 amide bonds. The third-order valence-electron chi connectivity index (χ3n) is 2.15. The van der Waals surface area contributed by atoms with E-state index in [2.05, 4.69) is 0 Å². The minimum absolute atomic E-state index is 0.110. The van der Waals surface area contributed by atoms with Gasteiger partial charge in [0, 0.05) is 20.0 Å². The number of halogens is 1. The van der Waals surface area contributed by atoms with Crippen molar-refractivity contribution in [2.45, 2.75) is 12.8 Å². The summed E-state index contributed by atoms with van der Waals surface area (Å²) in [5.41, 5.74) is 0.503. The molecule has 0 radical (unpaired) electrons. The molecule has 0 atom stereocenters. The van der Waals surface area contributed by atoms with Crippen molar-refractivity contribution in [3.05, 3.63) is 30.1 Å². The van der Waals surface area contributed by atoms with Gasteiger partial charge < -0.3 is 10.0 Å². The van der Waals surface area contributed by atoms with Crippen LogP contribution in [-0.4, -0.2) is 24.7 Å². The highest BCUT2D eigenvalue weighted by atomic mass is 19.1. The Kier molecular flexibility index (Phi) is 4.09. The molecule has 0 saturated carbocycles. The first-order chi connectivity index (χ1) is 7.11. The quantitative estimate of drug-likeness (QED) is 0.811. The minimum atomic E-state index is -0.822. The van der Waals surface area contributed by atoms with E-state index >= 15 is 0 Å². The fourth-order valence-electron chi connectivity index (χ4n) is 1.35. The Morgan fingerprint density at radius 3 is 2.73 bits per heavy atom. The van der Waals surface area contributed by atoms with Gasteiger partial charge in [-0.15, -0.1) is 0 Å². The van der Waals surface area contributed by atoms with Gasteiger partial charge in [0.2, 0.25) is 0 Å². The number of benzene rings is 1. The molecule has 1 aromatic carbocycles. The van der Waals surface area contributed by atoms with Crippen molar-refractivity contribution in [3.63, 3.8) is 0 Å². The number of carboxylic acid groups (broad SMARTS) is 1. The van der Waals surface area contributed by atoms with E-state index in [1.54, 1.807) is 30.1 Å². The van der Waals surface area contributed by atoms with Gasteiger partial charge in [0.15, 0.2) is 0 Å². The predicted octanol–water partition coefficient (Wildman–Crippen LogP) is 2.13. The lowest BCUT2D eigenvalue weighted by atomic mass is 10.2. The molecule has 15 heavy (non-hydrogen) atoms. The van der Waals surface area contributed by atoms with E-state index in [4.69, 9.17) is 5.11 Å². The number of rotatable bonds is 5. The molecule has 1 rings (SSSR count). The predicted molar refractivity (Wildman–Crippen MR) is 56.5 cm³/mol. The highest BCUT2D eigenvalue weighted by Crippen LogP contribution is 2.17. The molecule has 3 nitrogen and oxygen atoms in total. The first kappa shape index (κ1) is 11.5. The molecule has 0 bridgehead atoms. The van der Waals surface area contributed by atoms with Gasteiger partial charge in [-0.3, -0.25) is 4.79 Å². The highest BCUT2D eigenvalue weighted by molar-refractivity contribution is 5.66. The van der Waals surface area contributed by atoms with Crippen LogP contribution in [0.25, 0.3) is 0 Å². The Hall–Kier alpha value is -1.58. The molecule has 1 N–H and O–H groups in total. The van der Waals surface area contributed by atoms with Crippen molar-refractivity contribution >= 4 is 11.7 Å². The number of para-hydroxylation sites is 1. The number of hydrogen-bond acceptors (Lipinski definition) is 2. The van der Waals surface area contributed by atoms with Crippen molar-refractivity contribution in [3.8, 4) is 0 Å². The summed E-state index contributed by atoms with van der Waals surface area (Å²) in [6.45, 7) is 0.535. The topological polar surface area (TPSA) is 40.5 Å². The molecular formula is C11H14FNO2. The van der Waals surface area contributed by atoms with Crippen LogP contribution in [0.2, 0.25) is 0 Å².